The van der Waals surface area contributed by atoms with Crippen molar-refractivity contribution in [3.63, 3.8) is 0 Å². The summed E-state index contributed by atoms with van der Waals surface area (Å²) >= 11 is 0. The van der Waals surface area contributed by atoms with Crippen LogP contribution in [0, 0.1) is 0 Å². The minimum absolute atomic E-state index is 0.165. The molecule has 0 saturated heterocycles. The van der Waals surface area contributed by atoms with Gasteiger partial charge in [-0.3, -0.25) is 0 Å². The second-order valence-corrected chi connectivity index (χ2v) is 2.72. The number of ether oxygens (including phenoxy) is 1. The molecule has 1 N–H and O–H groups in total. The van der Waals surface area contributed by atoms with Crippen molar-refractivity contribution in [3.05, 3.63) is 18.2 Å². The molecule has 15 heavy (non-hydrogen) atoms. The first-order valence-electron chi connectivity index (χ1n) is 4.34. The normalized spacial score (nSPS) is 10.5. The Labute approximate surface area is 84.5 Å². The molecule has 0 spiro atoms. The summed E-state index contributed by atoms with van der Waals surface area (Å²) in [6.45, 7) is 2.29. The molecule has 0 aliphatic carbocycles. The highest BCUT2D eigenvalue weighted by molar-refractivity contribution is 5.87. The first kappa shape index (κ1) is 9.45. The van der Waals surface area contributed by atoms with Gasteiger partial charge in [-0.1, -0.05) is 0 Å². The van der Waals surface area contributed by atoms with Gasteiger partial charge in [0.2, 0.25) is 0 Å². The number of fused-ring (bicyclic) bond motifs is 1. The maximum Gasteiger partial charge on any atom is 0.392 e. The van der Waals surface area contributed by atoms with Gasteiger partial charge in [0, 0.05) is 12.3 Å². The lowest BCUT2D eigenvalue weighted by molar-refractivity contribution is 0.0656. The van der Waals surface area contributed by atoms with E-state index in [2.05, 4.69) is 9.97 Å². The highest BCUT2D eigenvalue weighted by Gasteiger charge is 2.16. The lowest BCUT2D eigenvalue weighted by Crippen LogP contribution is -1.96. The fourth-order valence-corrected chi connectivity index (χ4v) is 1.18. The van der Waals surface area contributed by atoms with Crippen LogP contribution in [0.4, 0.5) is 0 Å². The lowest BCUT2D eigenvalue weighted by Gasteiger charge is -2.00. The van der Waals surface area contributed by atoms with E-state index < -0.39 is 5.97 Å². The number of rotatable bonds is 3. The molecule has 0 saturated carbocycles. The summed E-state index contributed by atoms with van der Waals surface area (Å²) in [7, 11) is 0. The Balaban J connectivity index is 2.59. The molecular formula is C9H8N2O4. The summed E-state index contributed by atoms with van der Waals surface area (Å²) in [6, 6.07) is 1.61. The van der Waals surface area contributed by atoms with Crippen LogP contribution in [0.3, 0.4) is 0 Å². The molecular weight excluding hydrogens is 200 g/mol. The maximum atomic E-state index is 10.6. The van der Waals surface area contributed by atoms with E-state index in [1.54, 1.807) is 6.07 Å². The van der Waals surface area contributed by atoms with Crippen LogP contribution >= 0.6 is 0 Å². The molecule has 0 aromatic carbocycles. The number of oxazole rings is 1. The first-order valence-corrected chi connectivity index (χ1v) is 4.34. The van der Waals surface area contributed by atoms with Crippen LogP contribution in [0.1, 0.15) is 17.6 Å². The van der Waals surface area contributed by atoms with Crippen molar-refractivity contribution in [2.75, 3.05) is 6.61 Å². The monoisotopic (exact) mass is 208 g/mol. The van der Waals surface area contributed by atoms with E-state index in [4.69, 9.17) is 14.3 Å². The second-order valence-electron chi connectivity index (χ2n) is 2.72. The number of carbonyl (C=O) groups is 1. The number of carboxylic acids is 1. The Kier molecular flexibility index (Phi) is 2.24. The molecule has 2 heterocycles. The molecule has 6 nitrogen and oxygen atoms in total. The summed E-state index contributed by atoms with van der Waals surface area (Å²) in [4.78, 5) is 18.2. The van der Waals surface area contributed by atoms with Gasteiger partial charge in [0.1, 0.15) is 0 Å². The highest BCUT2D eigenvalue weighted by Crippen LogP contribution is 2.23. The Morgan fingerprint density at radius 3 is 3.13 bits per heavy atom. The molecule has 2 aromatic heterocycles. The summed E-state index contributed by atoms with van der Waals surface area (Å²) < 4.78 is 10.2. The van der Waals surface area contributed by atoms with Gasteiger partial charge in [0.05, 0.1) is 6.61 Å². The van der Waals surface area contributed by atoms with Crippen LogP contribution in [0.2, 0.25) is 0 Å². The van der Waals surface area contributed by atoms with Crippen LogP contribution in [-0.4, -0.2) is 27.7 Å². The molecule has 0 unspecified atom stereocenters. The van der Waals surface area contributed by atoms with E-state index in [0.717, 1.165) is 0 Å². The van der Waals surface area contributed by atoms with Crippen molar-refractivity contribution in [1.82, 2.24) is 9.97 Å². The van der Waals surface area contributed by atoms with Crippen molar-refractivity contribution in [2.45, 2.75) is 6.92 Å². The molecule has 78 valence electrons. The number of hydrogen-bond donors (Lipinski definition) is 1. The number of hydrogen-bond acceptors (Lipinski definition) is 5. The molecule has 2 rings (SSSR count). The number of aromatic carboxylic acids is 1. The lowest BCUT2D eigenvalue weighted by atomic mass is 10.4. The zero-order valence-electron chi connectivity index (χ0n) is 7.93. The smallest absolute Gasteiger partial charge is 0.392 e. The number of aromatic nitrogens is 2. The van der Waals surface area contributed by atoms with Crippen LogP contribution < -0.4 is 4.74 Å². The third-order valence-corrected chi connectivity index (χ3v) is 1.74. The van der Waals surface area contributed by atoms with E-state index >= 15 is 0 Å². The molecule has 0 amide bonds. The fourth-order valence-electron chi connectivity index (χ4n) is 1.18. The largest absolute Gasteiger partial charge is 0.491 e. The van der Waals surface area contributed by atoms with Gasteiger partial charge in [0.25, 0.3) is 5.71 Å². The second kappa shape index (κ2) is 3.56. The Morgan fingerprint density at radius 2 is 2.47 bits per heavy atom. The third kappa shape index (κ3) is 1.61. The number of carboxylic acid groups (broad SMARTS) is 1. The van der Waals surface area contributed by atoms with Gasteiger partial charge in [-0.25, -0.2) is 9.78 Å². The van der Waals surface area contributed by atoms with E-state index in [-0.39, 0.29) is 11.6 Å². The Morgan fingerprint density at radius 1 is 1.67 bits per heavy atom. The topological polar surface area (TPSA) is 85.5 Å². The number of pyridine rings is 1. The van der Waals surface area contributed by atoms with Crippen molar-refractivity contribution in [1.29, 1.82) is 0 Å². The summed E-state index contributed by atoms with van der Waals surface area (Å²) in [5.41, 5.74) is 0.495. The minimum Gasteiger partial charge on any atom is -0.491 e. The number of nitrogens with zero attached hydrogens (tertiary/aromatic N) is 2. The molecule has 0 bridgehead atoms. The van der Waals surface area contributed by atoms with Crippen LogP contribution in [0.5, 0.6) is 5.75 Å². The van der Waals surface area contributed by atoms with Gasteiger partial charge in [-0.05, 0) is 6.92 Å². The SMILES string of the molecule is CCOc1ccnc2oc(C(=O)O)nc12. The Hall–Kier alpha value is -2.11. The zero-order valence-corrected chi connectivity index (χ0v) is 7.93. The first-order chi connectivity index (χ1) is 7.22. The standard InChI is InChI=1S/C9H8N2O4/c1-2-14-5-3-4-10-7-6(5)11-8(15-7)9(12)13/h3-4H,2H2,1H3,(H,12,13). The van der Waals surface area contributed by atoms with Gasteiger partial charge < -0.3 is 14.3 Å². The van der Waals surface area contributed by atoms with Crippen molar-refractivity contribution >= 4 is 17.2 Å². The molecule has 6 heteroatoms. The van der Waals surface area contributed by atoms with E-state index in [1.807, 2.05) is 6.92 Å². The van der Waals surface area contributed by atoms with Crippen molar-refractivity contribution in [2.24, 2.45) is 0 Å². The van der Waals surface area contributed by atoms with Crippen molar-refractivity contribution in [3.8, 4) is 5.75 Å². The molecule has 0 aliphatic rings. The average Bonchev–Trinajstić information content (AvgIpc) is 2.63. The summed E-state index contributed by atoms with van der Waals surface area (Å²) in [5.74, 6) is -1.14. The van der Waals surface area contributed by atoms with Gasteiger partial charge in [-0.2, -0.15) is 4.98 Å². The van der Waals surface area contributed by atoms with Gasteiger partial charge >= 0.3 is 11.9 Å². The molecule has 0 fully saturated rings. The van der Waals surface area contributed by atoms with E-state index in [9.17, 15) is 4.79 Å². The minimum atomic E-state index is -1.23. The fraction of sp³-hybridized carbons (Fsp3) is 0.222. The quantitative estimate of drug-likeness (QED) is 0.818. The average molecular weight is 208 g/mol. The van der Waals surface area contributed by atoms with Gasteiger partial charge in [-0.15, -0.1) is 0 Å². The summed E-state index contributed by atoms with van der Waals surface area (Å²) in [6.07, 6.45) is 1.48. The zero-order chi connectivity index (χ0) is 10.8. The van der Waals surface area contributed by atoms with Crippen LogP contribution in [0.25, 0.3) is 11.2 Å². The molecule has 0 radical (unpaired) electrons. The van der Waals surface area contributed by atoms with E-state index in [1.165, 1.54) is 6.20 Å². The third-order valence-electron chi connectivity index (χ3n) is 1.74. The van der Waals surface area contributed by atoms with Crippen LogP contribution in [-0.2, 0) is 0 Å². The van der Waals surface area contributed by atoms with E-state index in [0.29, 0.717) is 17.9 Å². The highest BCUT2D eigenvalue weighted by atomic mass is 16.5. The molecule has 2 aromatic rings. The summed E-state index contributed by atoms with van der Waals surface area (Å²) in [5, 5.41) is 8.68. The molecule has 0 aliphatic heterocycles. The van der Waals surface area contributed by atoms with Crippen LogP contribution in [0.15, 0.2) is 16.7 Å². The Bertz CT molecular complexity index is 506. The molecule has 0 atom stereocenters. The predicted molar refractivity (Wildman–Crippen MR) is 49.9 cm³/mol. The van der Waals surface area contributed by atoms with Gasteiger partial charge in [0.15, 0.2) is 11.3 Å². The maximum absolute atomic E-state index is 10.6. The predicted octanol–water partition coefficient (Wildman–Crippen LogP) is 1.32. The van der Waals surface area contributed by atoms with Crippen molar-refractivity contribution < 1.29 is 19.1 Å².